The predicted octanol–water partition coefficient (Wildman–Crippen LogP) is 5.88. The Morgan fingerprint density at radius 1 is 1.13 bits per heavy atom. The SMILES string of the molecule is CCC(NC(=O)c1ccc(NCc2ccc(F)cc2Cl)c([N+](=O)[O-])c1)c1ccccc1. The summed E-state index contributed by atoms with van der Waals surface area (Å²) in [6, 6.07) is 17.5. The van der Waals surface area contributed by atoms with E-state index >= 15 is 0 Å². The van der Waals surface area contributed by atoms with Crippen molar-refractivity contribution in [2.24, 2.45) is 0 Å². The molecule has 0 bridgehead atoms. The van der Waals surface area contributed by atoms with E-state index in [0.29, 0.717) is 12.0 Å². The Balaban J connectivity index is 1.77. The maximum atomic E-state index is 13.2. The first-order valence-electron chi connectivity index (χ1n) is 9.71. The van der Waals surface area contributed by atoms with E-state index < -0.39 is 16.6 Å². The Kier molecular flexibility index (Phi) is 7.20. The van der Waals surface area contributed by atoms with Crippen LogP contribution in [0, 0.1) is 15.9 Å². The van der Waals surface area contributed by atoms with Gasteiger partial charge in [-0.3, -0.25) is 14.9 Å². The number of hydrogen-bond acceptors (Lipinski definition) is 4. The lowest BCUT2D eigenvalue weighted by Crippen LogP contribution is -2.28. The van der Waals surface area contributed by atoms with Crippen LogP contribution in [-0.4, -0.2) is 10.8 Å². The Bertz CT molecular complexity index is 1090. The van der Waals surface area contributed by atoms with Crippen molar-refractivity contribution in [1.82, 2.24) is 5.32 Å². The molecule has 0 aromatic heterocycles. The molecule has 0 saturated carbocycles. The standard InChI is InChI=1S/C23H21ClFN3O3/c1-2-20(15-6-4-3-5-7-15)27-23(29)16-9-11-21(22(12-16)28(30)31)26-14-17-8-10-18(25)13-19(17)24/h3-13,20,26H,2,14H2,1H3,(H,27,29). The number of nitro groups is 1. The highest BCUT2D eigenvalue weighted by Gasteiger charge is 2.20. The zero-order valence-electron chi connectivity index (χ0n) is 16.8. The van der Waals surface area contributed by atoms with Gasteiger partial charge in [0, 0.05) is 23.2 Å². The molecule has 0 aliphatic rings. The van der Waals surface area contributed by atoms with Crippen LogP contribution in [0.5, 0.6) is 0 Å². The number of carbonyl (C=O) groups excluding carboxylic acids is 1. The molecule has 3 aromatic rings. The van der Waals surface area contributed by atoms with Gasteiger partial charge in [-0.15, -0.1) is 0 Å². The van der Waals surface area contributed by atoms with E-state index in [4.69, 9.17) is 11.6 Å². The molecule has 0 heterocycles. The van der Waals surface area contributed by atoms with Crippen LogP contribution in [0.2, 0.25) is 5.02 Å². The Morgan fingerprint density at radius 2 is 1.87 bits per heavy atom. The molecule has 8 heteroatoms. The van der Waals surface area contributed by atoms with Gasteiger partial charge in [-0.05, 0) is 41.8 Å². The monoisotopic (exact) mass is 441 g/mol. The minimum absolute atomic E-state index is 0.164. The van der Waals surface area contributed by atoms with Crippen molar-refractivity contribution in [2.45, 2.75) is 25.9 Å². The van der Waals surface area contributed by atoms with Gasteiger partial charge < -0.3 is 10.6 Å². The van der Waals surface area contributed by atoms with Crippen LogP contribution in [0.3, 0.4) is 0 Å². The van der Waals surface area contributed by atoms with E-state index in [1.807, 2.05) is 37.3 Å². The summed E-state index contributed by atoms with van der Waals surface area (Å²) in [6.45, 7) is 2.12. The average Bonchev–Trinajstić information content (AvgIpc) is 2.77. The fraction of sp³-hybridized carbons (Fsp3) is 0.174. The number of nitrogens with zero attached hydrogens (tertiary/aromatic N) is 1. The summed E-state index contributed by atoms with van der Waals surface area (Å²) in [5.41, 5.74) is 1.73. The Labute approximate surface area is 184 Å². The van der Waals surface area contributed by atoms with Crippen molar-refractivity contribution >= 4 is 28.9 Å². The minimum Gasteiger partial charge on any atom is -0.375 e. The number of rotatable bonds is 8. The van der Waals surface area contributed by atoms with Gasteiger partial charge in [0.2, 0.25) is 0 Å². The van der Waals surface area contributed by atoms with Gasteiger partial charge in [0.05, 0.1) is 11.0 Å². The maximum absolute atomic E-state index is 13.2. The normalized spacial score (nSPS) is 11.6. The zero-order chi connectivity index (χ0) is 22.4. The third-order valence-electron chi connectivity index (χ3n) is 4.86. The lowest BCUT2D eigenvalue weighted by atomic mass is 10.0. The number of nitrogens with one attached hydrogen (secondary N) is 2. The highest BCUT2D eigenvalue weighted by atomic mass is 35.5. The smallest absolute Gasteiger partial charge is 0.293 e. The van der Waals surface area contributed by atoms with Gasteiger partial charge in [-0.2, -0.15) is 0 Å². The molecule has 0 aliphatic heterocycles. The minimum atomic E-state index is -0.556. The van der Waals surface area contributed by atoms with E-state index in [-0.39, 0.29) is 34.5 Å². The molecule has 6 nitrogen and oxygen atoms in total. The summed E-state index contributed by atoms with van der Waals surface area (Å²) in [5.74, 6) is -0.858. The van der Waals surface area contributed by atoms with Gasteiger partial charge in [-0.25, -0.2) is 4.39 Å². The first kappa shape index (κ1) is 22.2. The molecular formula is C23H21ClFN3O3. The summed E-state index contributed by atoms with van der Waals surface area (Å²) in [5, 5.41) is 17.7. The van der Waals surface area contributed by atoms with Crippen LogP contribution in [0.25, 0.3) is 0 Å². The molecule has 0 fully saturated rings. The molecule has 0 radical (unpaired) electrons. The van der Waals surface area contributed by atoms with Crippen molar-refractivity contribution in [1.29, 1.82) is 0 Å². The maximum Gasteiger partial charge on any atom is 0.293 e. The van der Waals surface area contributed by atoms with Gasteiger partial charge in [-0.1, -0.05) is 54.9 Å². The first-order valence-corrected chi connectivity index (χ1v) is 10.1. The molecule has 1 atom stereocenters. The average molecular weight is 442 g/mol. The highest BCUT2D eigenvalue weighted by Crippen LogP contribution is 2.28. The molecular weight excluding hydrogens is 421 g/mol. The molecule has 3 aromatic carbocycles. The lowest BCUT2D eigenvalue weighted by molar-refractivity contribution is -0.384. The summed E-state index contributed by atoms with van der Waals surface area (Å²) in [4.78, 5) is 23.7. The van der Waals surface area contributed by atoms with Crippen LogP contribution in [0.1, 0.15) is 40.9 Å². The first-order chi connectivity index (χ1) is 14.9. The zero-order valence-corrected chi connectivity index (χ0v) is 17.5. The molecule has 160 valence electrons. The van der Waals surface area contributed by atoms with Crippen molar-refractivity contribution in [3.63, 3.8) is 0 Å². The van der Waals surface area contributed by atoms with Crippen LogP contribution in [-0.2, 0) is 6.54 Å². The second-order valence-corrected chi connectivity index (χ2v) is 7.33. The third-order valence-corrected chi connectivity index (χ3v) is 5.21. The van der Waals surface area contributed by atoms with Gasteiger partial charge in [0.25, 0.3) is 11.6 Å². The third kappa shape index (κ3) is 5.58. The fourth-order valence-corrected chi connectivity index (χ4v) is 3.41. The number of nitro benzene ring substituents is 1. The molecule has 1 unspecified atom stereocenters. The predicted molar refractivity (Wildman–Crippen MR) is 119 cm³/mol. The van der Waals surface area contributed by atoms with Crippen molar-refractivity contribution in [3.8, 4) is 0 Å². The van der Waals surface area contributed by atoms with Crippen molar-refractivity contribution in [3.05, 3.63) is 104 Å². The quantitative estimate of drug-likeness (QED) is 0.337. The summed E-state index contributed by atoms with van der Waals surface area (Å²) in [6.07, 6.45) is 0.677. The molecule has 3 rings (SSSR count). The highest BCUT2D eigenvalue weighted by molar-refractivity contribution is 6.31. The number of benzene rings is 3. The van der Waals surface area contributed by atoms with Crippen molar-refractivity contribution < 1.29 is 14.1 Å². The van der Waals surface area contributed by atoms with E-state index in [1.54, 1.807) is 0 Å². The lowest BCUT2D eigenvalue weighted by Gasteiger charge is -2.17. The molecule has 0 spiro atoms. The topological polar surface area (TPSA) is 84.3 Å². The molecule has 2 N–H and O–H groups in total. The molecule has 1 amide bonds. The second-order valence-electron chi connectivity index (χ2n) is 6.92. The fourth-order valence-electron chi connectivity index (χ4n) is 3.18. The van der Waals surface area contributed by atoms with Gasteiger partial charge in [0.1, 0.15) is 11.5 Å². The van der Waals surface area contributed by atoms with E-state index in [0.717, 1.165) is 5.56 Å². The Morgan fingerprint density at radius 3 is 2.52 bits per heavy atom. The largest absolute Gasteiger partial charge is 0.375 e. The van der Waals surface area contributed by atoms with Crippen LogP contribution < -0.4 is 10.6 Å². The number of hydrogen-bond donors (Lipinski definition) is 2. The summed E-state index contributed by atoms with van der Waals surface area (Å²) < 4.78 is 13.2. The van der Waals surface area contributed by atoms with Gasteiger partial charge >= 0.3 is 0 Å². The second kappa shape index (κ2) is 10.0. The van der Waals surface area contributed by atoms with E-state index in [2.05, 4.69) is 10.6 Å². The molecule has 0 saturated heterocycles. The molecule has 0 aliphatic carbocycles. The number of amides is 1. The number of anilines is 1. The van der Waals surface area contributed by atoms with Crippen LogP contribution >= 0.6 is 11.6 Å². The number of carbonyl (C=O) groups is 1. The summed E-state index contributed by atoms with van der Waals surface area (Å²) >= 11 is 6.01. The molecule has 31 heavy (non-hydrogen) atoms. The number of halogens is 2. The van der Waals surface area contributed by atoms with Crippen LogP contribution in [0.4, 0.5) is 15.8 Å². The van der Waals surface area contributed by atoms with E-state index in [1.165, 1.54) is 36.4 Å². The van der Waals surface area contributed by atoms with Crippen LogP contribution in [0.15, 0.2) is 66.7 Å². The van der Waals surface area contributed by atoms with Crippen molar-refractivity contribution in [2.75, 3.05) is 5.32 Å². The Hall–Kier alpha value is -3.45. The van der Waals surface area contributed by atoms with Gasteiger partial charge in [0.15, 0.2) is 0 Å². The summed E-state index contributed by atoms with van der Waals surface area (Å²) in [7, 11) is 0. The van der Waals surface area contributed by atoms with E-state index in [9.17, 15) is 19.3 Å².